The summed E-state index contributed by atoms with van der Waals surface area (Å²) in [6.07, 6.45) is 1.16. The fourth-order valence-corrected chi connectivity index (χ4v) is 2.55. The molecular formula is C14H15BrFNO4. The second kappa shape index (κ2) is 7.00. The topological polar surface area (TPSA) is 66.8 Å². The van der Waals surface area contributed by atoms with E-state index in [1.165, 1.54) is 17.0 Å². The average molecular weight is 360 g/mol. The van der Waals surface area contributed by atoms with E-state index in [-0.39, 0.29) is 16.1 Å². The summed E-state index contributed by atoms with van der Waals surface area (Å²) in [7, 11) is 0. The minimum atomic E-state index is -1.09. The van der Waals surface area contributed by atoms with Gasteiger partial charge in [0.05, 0.1) is 4.47 Å². The van der Waals surface area contributed by atoms with Crippen LogP contribution in [0.25, 0.3) is 0 Å². The number of aliphatic carboxylic acids is 1. The Morgan fingerprint density at radius 1 is 1.38 bits per heavy atom. The summed E-state index contributed by atoms with van der Waals surface area (Å²) >= 11 is 3.02. The number of carbonyl (C=O) groups excluding carboxylic acids is 1. The summed E-state index contributed by atoms with van der Waals surface area (Å²) in [5.74, 6) is -2.12. The van der Waals surface area contributed by atoms with Gasteiger partial charge in [0.1, 0.15) is 12.4 Å². The molecular weight excluding hydrogens is 345 g/mol. The van der Waals surface area contributed by atoms with E-state index in [1.807, 2.05) is 0 Å². The molecule has 0 atom stereocenters. The summed E-state index contributed by atoms with van der Waals surface area (Å²) in [6, 6.07) is 3.82. The van der Waals surface area contributed by atoms with Gasteiger partial charge >= 0.3 is 5.97 Å². The van der Waals surface area contributed by atoms with Crippen molar-refractivity contribution in [3.63, 3.8) is 0 Å². The van der Waals surface area contributed by atoms with Crippen LogP contribution in [0.1, 0.15) is 23.2 Å². The van der Waals surface area contributed by atoms with Crippen molar-refractivity contribution in [2.45, 2.75) is 18.9 Å². The third-order valence-corrected chi connectivity index (χ3v) is 4.01. The highest BCUT2D eigenvalue weighted by Gasteiger charge is 2.28. The summed E-state index contributed by atoms with van der Waals surface area (Å²) < 4.78 is 19.0. The summed E-state index contributed by atoms with van der Waals surface area (Å²) in [6.45, 7) is 0.576. The highest BCUT2D eigenvalue weighted by molar-refractivity contribution is 9.10. The zero-order valence-corrected chi connectivity index (χ0v) is 12.8. The molecule has 2 rings (SSSR count). The molecule has 0 aromatic heterocycles. The number of benzene rings is 1. The number of hydrogen-bond donors (Lipinski definition) is 1. The molecule has 1 saturated heterocycles. The SMILES string of the molecule is O=C(O)CN(C(=O)c1ccc(Br)c(F)c1)C1CCOCC1. The Bertz CT molecular complexity index is 546. The van der Waals surface area contributed by atoms with E-state index in [0.717, 1.165) is 6.07 Å². The van der Waals surface area contributed by atoms with Crippen LogP contribution in [0.15, 0.2) is 22.7 Å². The van der Waals surface area contributed by atoms with Crippen LogP contribution in [0.3, 0.4) is 0 Å². The van der Waals surface area contributed by atoms with Crippen molar-refractivity contribution < 1.29 is 23.8 Å². The zero-order chi connectivity index (χ0) is 15.4. The van der Waals surface area contributed by atoms with E-state index in [0.29, 0.717) is 26.1 Å². The fraction of sp³-hybridized carbons (Fsp3) is 0.429. The van der Waals surface area contributed by atoms with Crippen molar-refractivity contribution in [1.82, 2.24) is 4.90 Å². The number of hydrogen-bond acceptors (Lipinski definition) is 3. The maximum absolute atomic E-state index is 13.6. The molecule has 0 radical (unpaired) electrons. The van der Waals surface area contributed by atoms with Gasteiger partial charge in [0.15, 0.2) is 0 Å². The van der Waals surface area contributed by atoms with Gasteiger partial charge in [-0.25, -0.2) is 4.39 Å². The summed E-state index contributed by atoms with van der Waals surface area (Å²) in [4.78, 5) is 24.8. The van der Waals surface area contributed by atoms with Crippen molar-refractivity contribution in [1.29, 1.82) is 0 Å². The zero-order valence-electron chi connectivity index (χ0n) is 11.2. The van der Waals surface area contributed by atoms with Crippen LogP contribution in [-0.4, -0.2) is 47.7 Å². The number of ether oxygens (including phenoxy) is 1. The molecule has 0 saturated carbocycles. The summed E-state index contributed by atoms with van der Waals surface area (Å²) in [5.41, 5.74) is 0.142. The standard InChI is InChI=1S/C14H15BrFNO4/c15-11-2-1-9(7-12(11)16)14(20)17(8-13(18)19)10-3-5-21-6-4-10/h1-2,7,10H,3-6,8H2,(H,18,19). The van der Waals surface area contributed by atoms with E-state index >= 15 is 0 Å². The molecule has 114 valence electrons. The van der Waals surface area contributed by atoms with Crippen molar-refractivity contribution in [2.75, 3.05) is 19.8 Å². The highest BCUT2D eigenvalue weighted by Crippen LogP contribution is 2.21. The Morgan fingerprint density at radius 2 is 2.05 bits per heavy atom. The van der Waals surface area contributed by atoms with Gasteiger partial charge in [-0.3, -0.25) is 9.59 Å². The minimum absolute atomic E-state index is 0.142. The number of carboxylic acid groups (broad SMARTS) is 1. The van der Waals surface area contributed by atoms with Gasteiger partial charge in [-0.2, -0.15) is 0 Å². The largest absolute Gasteiger partial charge is 0.480 e. The number of carbonyl (C=O) groups is 2. The number of rotatable bonds is 4. The molecule has 1 amide bonds. The molecule has 1 aliphatic heterocycles. The van der Waals surface area contributed by atoms with Gasteiger partial charge in [-0.1, -0.05) is 0 Å². The van der Waals surface area contributed by atoms with Crippen LogP contribution in [-0.2, 0) is 9.53 Å². The maximum Gasteiger partial charge on any atom is 0.323 e. The molecule has 1 fully saturated rings. The van der Waals surface area contributed by atoms with Crippen LogP contribution >= 0.6 is 15.9 Å². The molecule has 0 unspecified atom stereocenters. The molecule has 0 spiro atoms. The smallest absolute Gasteiger partial charge is 0.323 e. The average Bonchev–Trinajstić information content (AvgIpc) is 2.47. The molecule has 1 aromatic rings. The third kappa shape index (κ3) is 4.01. The third-order valence-electron chi connectivity index (χ3n) is 3.36. The molecule has 1 aliphatic rings. The van der Waals surface area contributed by atoms with E-state index in [1.54, 1.807) is 0 Å². The number of nitrogens with zero attached hydrogens (tertiary/aromatic N) is 1. The molecule has 5 nitrogen and oxygen atoms in total. The van der Waals surface area contributed by atoms with Gasteiger partial charge in [0, 0.05) is 24.8 Å². The van der Waals surface area contributed by atoms with Crippen LogP contribution in [0, 0.1) is 5.82 Å². The quantitative estimate of drug-likeness (QED) is 0.895. The van der Waals surface area contributed by atoms with Crippen LogP contribution in [0.5, 0.6) is 0 Å². The molecule has 1 heterocycles. The van der Waals surface area contributed by atoms with E-state index in [9.17, 15) is 14.0 Å². The van der Waals surface area contributed by atoms with Crippen molar-refractivity contribution in [2.24, 2.45) is 0 Å². The van der Waals surface area contributed by atoms with Gasteiger partial charge in [0.2, 0.25) is 0 Å². The van der Waals surface area contributed by atoms with E-state index in [2.05, 4.69) is 15.9 Å². The molecule has 1 N–H and O–H groups in total. The lowest BCUT2D eigenvalue weighted by molar-refractivity contribution is -0.138. The molecule has 7 heteroatoms. The highest BCUT2D eigenvalue weighted by atomic mass is 79.9. The van der Waals surface area contributed by atoms with Crippen LogP contribution in [0.2, 0.25) is 0 Å². The van der Waals surface area contributed by atoms with E-state index < -0.39 is 24.2 Å². The first kappa shape index (κ1) is 15.9. The lowest BCUT2D eigenvalue weighted by Crippen LogP contribution is -2.46. The predicted octanol–water partition coefficient (Wildman–Crippen LogP) is 2.29. The van der Waals surface area contributed by atoms with Gasteiger partial charge < -0.3 is 14.7 Å². The number of amides is 1. The minimum Gasteiger partial charge on any atom is -0.480 e. The maximum atomic E-state index is 13.6. The first-order chi connectivity index (χ1) is 9.99. The molecule has 0 aliphatic carbocycles. The second-order valence-electron chi connectivity index (χ2n) is 4.80. The Hall–Kier alpha value is -1.47. The van der Waals surface area contributed by atoms with Gasteiger partial charge in [-0.15, -0.1) is 0 Å². The molecule has 1 aromatic carbocycles. The first-order valence-corrected chi connectivity index (χ1v) is 7.34. The fourth-order valence-electron chi connectivity index (χ4n) is 2.30. The lowest BCUT2D eigenvalue weighted by Gasteiger charge is -2.33. The lowest BCUT2D eigenvalue weighted by atomic mass is 10.1. The molecule has 0 bridgehead atoms. The normalized spacial score (nSPS) is 15.7. The Labute approximate surface area is 129 Å². The van der Waals surface area contributed by atoms with Crippen molar-refractivity contribution in [3.8, 4) is 0 Å². The Kier molecular flexibility index (Phi) is 5.30. The predicted molar refractivity (Wildman–Crippen MR) is 76.6 cm³/mol. The van der Waals surface area contributed by atoms with Crippen LogP contribution < -0.4 is 0 Å². The van der Waals surface area contributed by atoms with Crippen molar-refractivity contribution >= 4 is 27.8 Å². The molecule has 21 heavy (non-hydrogen) atoms. The number of carboxylic acids is 1. The van der Waals surface area contributed by atoms with Crippen LogP contribution in [0.4, 0.5) is 4.39 Å². The Balaban J connectivity index is 2.23. The van der Waals surface area contributed by atoms with Gasteiger partial charge in [0.25, 0.3) is 5.91 Å². The Morgan fingerprint density at radius 3 is 2.62 bits per heavy atom. The van der Waals surface area contributed by atoms with Gasteiger partial charge in [-0.05, 0) is 47.0 Å². The van der Waals surface area contributed by atoms with E-state index in [4.69, 9.17) is 9.84 Å². The van der Waals surface area contributed by atoms with Crippen molar-refractivity contribution in [3.05, 3.63) is 34.1 Å². The number of halogens is 2. The summed E-state index contributed by atoms with van der Waals surface area (Å²) in [5, 5.41) is 9.00. The second-order valence-corrected chi connectivity index (χ2v) is 5.65. The first-order valence-electron chi connectivity index (χ1n) is 6.54. The monoisotopic (exact) mass is 359 g/mol.